The van der Waals surface area contributed by atoms with Gasteiger partial charge in [0.2, 0.25) is 5.88 Å². The third-order valence-corrected chi connectivity index (χ3v) is 5.93. The molecule has 2 atom stereocenters. The predicted molar refractivity (Wildman–Crippen MR) is 116 cm³/mol. The number of anilines is 1. The van der Waals surface area contributed by atoms with Crippen LogP contribution in [0.4, 0.5) is 18.9 Å². The van der Waals surface area contributed by atoms with Gasteiger partial charge in [-0.3, -0.25) is 4.79 Å². The Labute approximate surface area is 198 Å². The van der Waals surface area contributed by atoms with Gasteiger partial charge in [0.25, 0.3) is 11.9 Å². The molecule has 182 valence electrons. The molecule has 5 rings (SSSR count). The van der Waals surface area contributed by atoms with E-state index in [1.807, 2.05) is 0 Å². The number of hydrogen-bond donors (Lipinski definition) is 2. The van der Waals surface area contributed by atoms with Gasteiger partial charge in [-0.15, -0.1) is 12.4 Å². The first-order valence-corrected chi connectivity index (χ1v) is 10.2. The Morgan fingerprint density at radius 3 is 2.68 bits per heavy atom. The van der Waals surface area contributed by atoms with E-state index < -0.39 is 35.2 Å². The highest BCUT2D eigenvalue weighted by atomic mass is 35.5. The van der Waals surface area contributed by atoms with E-state index >= 15 is 4.39 Å². The molecule has 1 saturated carbocycles. The van der Waals surface area contributed by atoms with Crippen molar-refractivity contribution in [3.63, 3.8) is 0 Å². The molecular formula is C21H21ClF3N5O4. The zero-order valence-electron chi connectivity index (χ0n) is 17.7. The van der Waals surface area contributed by atoms with Crippen molar-refractivity contribution in [1.29, 1.82) is 0 Å². The number of halogens is 4. The number of amidine groups is 1. The summed E-state index contributed by atoms with van der Waals surface area (Å²) in [7, 11) is 0. The summed E-state index contributed by atoms with van der Waals surface area (Å²) in [5.41, 5.74) is 0.472. The lowest BCUT2D eigenvalue weighted by Crippen LogP contribution is -2.55. The fourth-order valence-electron chi connectivity index (χ4n) is 3.80. The number of carbonyl (C=O) groups excluding carboxylic acids is 1. The standard InChI is InChI=1S/C21H20F3N5O4.ClH/c22-14-2-1-12(5-13(14)21-11-31-9-20(21,24)10-33-18(25)29-21)28-17(30)15-6-27-16(7-26-15)32-8-19(23)3-4-19;/h1-2,5-7H,3-4,8-11H2,(H2,25,29)(H,28,30);1H. The molecular weight excluding hydrogens is 479 g/mol. The Morgan fingerprint density at radius 2 is 1.97 bits per heavy atom. The number of ether oxygens (including phenoxy) is 3. The first kappa shape index (κ1) is 24.0. The first-order chi connectivity index (χ1) is 15.7. The van der Waals surface area contributed by atoms with Crippen LogP contribution in [-0.2, 0) is 15.0 Å². The summed E-state index contributed by atoms with van der Waals surface area (Å²) in [6.07, 6.45) is 3.28. The van der Waals surface area contributed by atoms with E-state index in [1.54, 1.807) is 0 Å². The van der Waals surface area contributed by atoms with Crippen LogP contribution in [0, 0.1) is 5.82 Å². The number of benzene rings is 1. The number of nitrogens with one attached hydrogen (secondary N) is 1. The van der Waals surface area contributed by atoms with Gasteiger partial charge in [-0.1, -0.05) is 0 Å². The number of nitrogens with two attached hydrogens (primary N) is 1. The molecule has 1 aliphatic carbocycles. The number of carbonyl (C=O) groups is 1. The quantitative estimate of drug-likeness (QED) is 0.626. The van der Waals surface area contributed by atoms with Crippen molar-refractivity contribution in [2.24, 2.45) is 10.7 Å². The molecule has 1 saturated heterocycles. The highest BCUT2D eigenvalue weighted by molar-refractivity contribution is 6.02. The van der Waals surface area contributed by atoms with Crippen LogP contribution in [0.2, 0.25) is 0 Å². The average molecular weight is 500 g/mol. The van der Waals surface area contributed by atoms with Crippen molar-refractivity contribution < 1.29 is 32.2 Å². The molecule has 1 amide bonds. The van der Waals surface area contributed by atoms with Gasteiger partial charge in [-0.05, 0) is 31.0 Å². The smallest absolute Gasteiger partial charge is 0.283 e. The van der Waals surface area contributed by atoms with Crippen LogP contribution >= 0.6 is 12.4 Å². The van der Waals surface area contributed by atoms with Gasteiger partial charge in [0.1, 0.15) is 30.4 Å². The number of fused-ring (bicyclic) bond motifs is 1. The Bertz CT molecular complexity index is 1130. The third-order valence-electron chi connectivity index (χ3n) is 5.93. The number of hydrogen-bond acceptors (Lipinski definition) is 8. The highest BCUT2D eigenvalue weighted by Crippen LogP contribution is 2.48. The summed E-state index contributed by atoms with van der Waals surface area (Å²) in [4.78, 5) is 24.6. The van der Waals surface area contributed by atoms with Crippen LogP contribution in [0.15, 0.2) is 35.6 Å². The minimum Gasteiger partial charge on any atom is -0.473 e. The highest BCUT2D eigenvalue weighted by Gasteiger charge is 2.62. The molecule has 2 unspecified atom stereocenters. The van der Waals surface area contributed by atoms with E-state index in [0.717, 1.165) is 6.07 Å². The summed E-state index contributed by atoms with van der Waals surface area (Å²) >= 11 is 0. The van der Waals surface area contributed by atoms with E-state index in [4.69, 9.17) is 19.9 Å². The van der Waals surface area contributed by atoms with Crippen molar-refractivity contribution in [3.8, 4) is 5.88 Å². The Balaban J connectivity index is 0.00000274. The number of rotatable bonds is 6. The van der Waals surface area contributed by atoms with Gasteiger partial charge < -0.3 is 25.3 Å². The minimum atomic E-state index is -2.13. The maximum atomic E-state index is 15.6. The van der Waals surface area contributed by atoms with Gasteiger partial charge in [-0.2, -0.15) is 0 Å². The van der Waals surface area contributed by atoms with Crippen molar-refractivity contribution in [1.82, 2.24) is 9.97 Å². The normalized spacial score (nSPS) is 26.4. The Kier molecular flexibility index (Phi) is 6.06. The fourth-order valence-corrected chi connectivity index (χ4v) is 3.80. The largest absolute Gasteiger partial charge is 0.473 e. The number of aromatic nitrogens is 2. The summed E-state index contributed by atoms with van der Waals surface area (Å²) in [5.74, 6) is -1.28. The SMILES string of the molecule is Cl.NC1=NC2(c3cc(NC(=O)c4cnc(OCC5(F)CC5)cn4)ccc3F)COCC2(F)CO1. The molecule has 13 heteroatoms. The van der Waals surface area contributed by atoms with Gasteiger partial charge >= 0.3 is 0 Å². The maximum Gasteiger partial charge on any atom is 0.283 e. The second kappa shape index (κ2) is 8.58. The number of aliphatic imine (C=N–C) groups is 1. The molecule has 1 aromatic heterocycles. The van der Waals surface area contributed by atoms with E-state index in [9.17, 15) is 13.6 Å². The van der Waals surface area contributed by atoms with E-state index in [0.29, 0.717) is 12.8 Å². The molecule has 2 aromatic rings. The topological polar surface area (TPSA) is 121 Å². The van der Waals surface area contributed by atoms with Crippen molar-refractivity contribution in [2.75, 3.05) is 31.7 Å². The lowest BCUT2D eigenvalue weighted by atomic mass is 9.78. The van der Waals surface area contributed by atoms with Crippen LogP contribution in [0.25, 0.3) is 0 Å². The van der Waals surface area contributed by atoms with Gasteiger partial charge in [0.05, 0.1) is 25.6 Å². The molecule has 0 radical (unpaired) electrons. The predicted octanol–water partition coefficient (Wildman–Crippen LogP) is 2.45. The third kappa shape index (κ3) is 4.23. The van der Waals surface area contributed by atoms with E-state index in [-0.39, 0.29) is 61.1 Å². The van der Waals surface area contributed by atoms with Crippen LogP contribution in [0.5, 0.6) is 5.88 Å². The van der Waals surface area contributed by atoms with Crippen LogP contribution in [0.1, 0.15) is 28.9 Å². The second-order valence-corrected chi connectivity index (χ2v) is 8.39. The summed E-state index contributed by atoms with van der Waals surface area (Å²) < 4.78 is 59.5. The number of amides is 1. The number of nitrogens with zero attached hydrogens (tertiary/aromatic N) is 3. The molecule has 3 heterocycles. The Hall–Kier alpha value is -3.12. The zero-order valence-corrected chi connectivity index (χ0v) is 18.5. The molecule has 0 spiro atoms. The summed E-state index contributed by atoms with van der Waals surface area (Å²) in [6.45, 7) is -1.14. The summed E-state index contributed by atoms with van der Waals surface area (Å²) in [5, 5.41) is 2.57. The first-order valence-electron chi connectivity index (χ1n) is 10.2. The second-order valence-electron chi connectivity index (χ2n) is 8.39. The Morgan fingerprint density at radius 1 is 1.18 bits per heavy atom. The lowest BCUT2D eigenvalue weighted by Gasteiger charge is -2.38. The van der Waals surface area contributed by atoms with E-state index in [1.165, 1.54) is 24.5 Å². The molecule has 34 heavy (non-hydrogen) atoms. The molecule has 2 fully saturated rings. The summed E-state index contributed by atoms with van der Waals surface area (Å²) in [6, 6.07) is 3.41. The van der Waals surface area contributed by atoms with Crippen LogP contribution in [-0.4, -0.2) is 59.7 Å². The fraction of sp³-hybridized carbons (Fsp3) is 0.429. The molecule has 3 N–H and O–H groups in total. The zero-order chi connectivity index (χ0) is 23.3. The average Bonchev–Trinajstić information content (AvgIpc) is 3.44. The monoisotopic (exact) mass is 499 g/mol. The molecule has 9 nitrogen and oxygen atoms in total. The van der Waals surface area contributed by atoms with Crippen molar-refractivity contribution >= 4 is 30.0 Å². The lowest BCUT2D eigenvalue weighted by molar-refractivity contribution is 0.00905. The van der Waals surface area contributed by atoms with Crippen LogP contribution < -0.4 is 15.8 Å². The molecule has 2 aliphatic heterocycles. The van der Waals surface area contributed by atoms with Gasteiger partial charge in [0, 0.05) is 11.3 Å². The van der Waals surface area contributed by atoms with Crippen molar-refractivity contribution in [2.45, 2.75) is 29.7 Å². The maximum absolute atomic E-state index is 15.6. The molecule has 1 aromatic carbocycles. The van der Waals surface area contributed by atoms with Crippen LogP contribution in [0.3, 0.4) is 0 Å². The molecule has 3 aliphatic rings. The van der Waals surface area contributed by atoms with Crippen molar-refractivity contribution in [3.05, 3.63) is 47.7 Å². The van der Waals surface area contributed by atoms with Gasteiger partial charge in [0.15, 0.2) is 11.2 Å². The number of alkyl halides is 2. The van der Waals surface area contributed by atoms with E-state index in [2.05, 4.69) is 20.3 Å². The minimum absolute atomic E-state index is 0. The molecule has 0 bridgehead atoms. The van der Waals surface area contributed by atoms with Gasteiger partial charge in [-0.25, -0.2) is 28.1 Å².